The fraction of sp³-hybridized carbons (Fsp3) is 0.364. The highest BCUT2D eigenvalue weighted by atomic mass is 19.4. The molecule has 7 heteroatoms. The summed E-state index contributed by atoms with van der Waals surface area (Å²) in [6.45, 7) is -0.113. The highest BCUT2D eigenvalue weighted by Gasteiger charge is 2.29. The van der Waals surface area contributed by atoms with Crippen LogP contribution in [0.2, 0.25) is 0 Å². The molecule has 0 unspecified atom stereocenters. The summed E-state index contributed by atoms with van der Waals surface area (Å²) in [6.07, 6.45) is -5.57. The van der Waals surface area contributed by atoms with Crippen LogP contribution < -0.4 is 10.1 Å². The largest absolute Gasteiger partial charge is 0.481 e. The van der Waals surface area contributed by atoms with Gasteiger partial charge in [-0.25, -0.2) is 4.39 Å². The number of hydrogen-bond acceptors (Lipinski definition) is 2. The topological polar surface area (TPSA) is 38.3 Å². The quantitative estimate of drug-likeness (QED) is 0.848. The number of nitrogens with one attached hydrogen (secondary N) is 1. The normalized spacial score (nSPS) is 12.9. The summed E-state index contributed by atoms with van der Waals surface area (Å²) < 4.78 is 53.2. The van der Waals surface area contributed by atoms with Crippen molar-refractivity contribution < 1.29 is 27.1 Å². The molecule has 0 fully saturated rings. The van der Waals surface area contributed by atoms with Crippen LogP contribution in [-0.4, -0.2) is 24.7 Å². The minimum absolute atomic E-state index is 0.200. The molecule has 0 saturated heterocycles. The highest BCUT2D eigenvalue weighted by molar-refractivity contribution is 5.80. The number of amides is 1. The molecule has 0 spiro atoms. The summed E-state index contributed by atoms with van der Waals surface area (Å²) in [7, 11) is 0. The Labute approximate surface area is 101 Å². The molecular weight excluding hydrogens is 254 g/mol. The average Bonchev–Trinajstić information content (AvgIpc) is 2.28. The Morgan fingerprint density at radius 3 is 2.39 bits per heavy atom. The summed E-state index contributed by atoms with van der Waals surface area (Å²) in [5.74, 6) is -1.17. The van der Waals surface area contributed by atoms with Crippen molar-refractivity contribution in [2.75, 3.05) is 6.54 Å². The van der Waals surface area contributed by atoms with Crippen LogP contribution in [0.15, 0.2) is 24.3 Å². The lowest BCUT2D eigenvalue weighted by molar-refractivity contribution is -0.142. The fourth-order valence-corrected chi connectivity index (χ4v) is 1.10. The van der Waals surface area contributed by atoms with E-state index in [9.17, 15) is 22.4 Å². The average molecular weight is 265 g/mol. The van der Waals surface area contributed by atoms with Gasteiger partial charge < -0.3 is 10.1 Å². The third-order valence-electron chi connectivity index (χ3n) is 1.96. The summed E-state index contributed by atoms with van der Waals surface area (Å²) in [6, 6.07) is 4.80. The summed E-state index contributed by atoms with van der Waals surface area (Å²) >= 11 is 0. The van der Waals surface area contributed by atoms with Gasteiger partial charge in [-0.15, -0.1) is 0 Å². The molecule has 0 aliphatic heterocycles. The van der Waals surface area contributed by atoms with Gasteiger partial charge in [0, 0.05) is 0 Å². The van der Waals surface area contributed by atoms with E-state index in [0.717, 1.165) is 12.1 Å². The molecule has 1 atom stereocenters. The van der Waals surface area contributed by atoms with Crippen LogP contribution in [0, 0.1) is 5.82 Å². The second-order valence-corrected chi connectivity index (χ2v) is 3.55. The maximum absolute atomic E-state index is 12.6. The lowest BCUT2D eigenvalue weighted by Crippen LogP contribution is -2.41. The monoisotopic (exact) mass is 265 g/mol. The molecule has 1 amide bonds. The number of halogens is 4. The van der Waals surface area contributed by atoms with Gasteiger partial charge in [-0.3, -0.25) is 4.79 Å². The first-order valence-electron chi connectivity index (χ1n) is 5.04. The molecule has 0 aliphatic rings. The van der Waals surface area contributed by atoms with E-state index in [-0.39, 0.29) is 5.75 Å². The van der Waals surface area contributed by atoms with Crippen LogP contribution in [0.4, 0.5) is 17.6 Å². The van der Waals surface area contributed by atoms with Crippen LogP contribution >= 0.6 is 0 Å². The number of hydrogen-bond donors (Lipinski definition) is 1. The van der Waals surface area contributed by atoms with Crippen molar-refractivity contribution in [1.82, 2.24) is 5.32 Å². The first kappa shape index (κ1) is 14.3. The molecule has 0 aliphatic carbocycles. The Kier molecular flexibility index (Phi) is 4.52. The van der Waals surface area contributed by atoms with Crippen molar-refractivity contribution in [2.45, 2.75) is 19.2 Å². The Balaban J connectivity index is 2.47. The van der Waals surface area contributed by atoms with E-state index in [2.05, 4.69) is 0 Å². The van der Waals surface area contributed by atoms with E-state index in [0.29, 0.717) is 0 Å². The van der Waals surface area contributed by atoms with Gasteiger partial charge in [-0.05, 0) is 31.2 Å². The molecule has 100 valence electrons. The summed E-state index contributed by atoms with van der Waals surface area (Å²) in [4.78, 5) is 11.3. The molecule has 0 heterocycles. The van der Waals surface area contributed by atoms with Crippen molar-refractivity contribution >= 4 is 5.91 Å². The number of rotatable bonds is 4. The molecular formula is C11H11F4NO2. The predicted molar refractivity (Wildman–Crippen MR) is 55.6 cm³/mol. The van der Waals surface area contributed by atoms with E-state index >= 15 is 0 Å². The fourth-order valence-electron chi connectivity index (χ4n) is 1.10. The maximum Gasteiger partial charge on any atom is 0.405 e. The van der Waals surface area contributed by atoms with Gasteiger partial charge in [0.1, 0.15) is 18.1 Å². The van der Waals surface area contributed by atoms with Crippen molar-refractivity contribution in [1.29, 1.82) is 0 Å². The smallest absolute Gasteiger partial charge is 0.405 e. The zero-order valence-electron chi connectivity index (χ0n) is 9.42. The van der Waals surface area contributed by atoms with E-state index in [1.54, 1.807) is 5.32 Å². The standard InChI is InChI=1S/C11H11F4NO2/c1-7(10(17)16-6-11(13,14)15)18-9-4-2-8(12)3-5-9/h2-5,7H,6H2,1H3,(H,16,17)/t7-/m1/s1. The Morgan fingerprint density at radius 1 is 1.33 bits per heavy atom. The van der Waals surface area contributed by atoms with Gasteiger partial charge in [0.15, 0.2) is 6.10 Å². The van der Waals surface area contributed by atoms with Crippen molar-refractivity contribution in [3.63, 3.8) is 0 Å². The number of benzene rings is 1. The molecule has 0 bridgehead atoms. The molecule has 0 saturated carbocycles. The van der Waals surface area contributed by atoms with Gasteiger partial charge in [-0.2, -0.15) is 13.2 Å². The van der Waals surface area contributed by atoms with Crippen LogP contribution in [0.25, 0.3) is 0 Å². The highest BCUT2D eigenvalue weighted by Crippen LogP contribution is 2.14. The van der Waals surface area contributed by atoms with E-state index < -0.39 is 30.5 Å². The van der Waals surface area contributed by atoms with Crippen molar-refractivity contribution in [2.24, 2.45) is 0 Å². The lowest BCUT2D eigenvalue weighted by atomic mass is 10.3. The van der Waals surface area contributed by atoms with Gasteiger partial charge in [0.2, 0.25) is 0 Å². The Hall–Kier alpha value is -1.79. The van der Waals surface area contributed by atoms with Gasteiger partial charge in [0.25, 0.3) is 5.91 Å². The number of carbonyl (C=O) groups excluding carboxylic acids is 1. The second-order valence-electron chi connectivity index (χ2n) is 3.55. The number of carbonyl (C=O) groups is 1. The Morgan fingerprint density at radius 2 is 1.89 bits per heavy atom. The van der Waals surface area contributed by atoms with Crippen LogP contribution in [-0.2, 0) is 4.79 Å². The summed E-state index contributed by atoms with van der Waals surface area (Å²) in [5, 5.41) is 1.69. The molecule has 0 radical (unpaired) electrons. The molecule has 1 aromatic carbocycles. The van der Waals surface area contributed by atoms with Crippen molar-refractivity contribution in [3.8, 4) is 5.75 Å². The summed E-state index contributed by atoms with van der Waals surface area (Å²) in [5.41, 5.74) is 0. The van der Waals surface area contributed by atoms with Gasteiger partial charge in [0.05, 0.1) is 0 Å². The van der Waals surface area contributed by atoms with Crippen LogP contribution in [0.5, 0.6) is 5.75 Å². The number of ether oxygens (including phenoxy) is 1. The zero-order chi connectivity index (χ0) is 13.8. The Bertz CT molecular complexity index is 402. The molecule has 3 nitrogen and oxygen atoms in total. The minimum Gasteiger partial charge on any atom is -0.481 e. The van der Waals surface area contributed by atoms with E-state index in [4.69, 9.17) is 4.74 Å². The lowest BCUT2D eigenvalue weighted by Gasteiger charge is -2.15. The maximum atomic E-state index is 12.6. The molecule has 1 N–H and O–H groups in total. The SMILES string of the molecule is C[C@@H](Oc1ccc(F)cc1)C(=O)NCC(F)(F)F. The molecule has 0 aromatic heterocycles. The minimum atomic E-state index is -4.47. The third-order valence-corrected chi connectivity index (χ3v) is 1.96. The second kappa shape index (κ2) is 5.70. The molecule has 1 aromatic rings. The number of alkyl halides is 3. The first-order chi connectivity index (χ1) is 8.28. The van der Waals surface area contributed by atoms with E-state index in [1.165, 1.54) is 19.1 Å². The van der Waals surface area contributed by atoms with E-state index in [1.807, 2.05) is 0 Å². The molecule has 1 rings (SSSR count). The predicted octanol–water partition coefficient (Wildman–Crippen LogP) is 2.27. The van der Waals surface area contributed by atoms with Crippen LogP contribution in [0.1, 0.15) is 6.92 Å². The first-order valence-corrected chi connectivity index (χ1v) is 5.04. The third kappa shape index (κ3) is 5.03. The van der Waals surface area contributed by atoms with Crippen LogP contribution in [0.3, 0.4) is 0 Å². The zero-order valence-corrected chi connectivity index (χ0v) is 9.42. The van der Waals surface area contributed by atoms with Gasteiger partial charge in [-0.1, -0.05) is 0 Å². The van der Waals surface area contributed by atoms with Gasteiger partial charge >= 0.3 is 6.18 Å². The molecule has 18 heavy (non-hydrogen) atoms. The van der Waals surface area contributed by atoms with Crippen molar-refractivity contribution in [3.05, 3.63) is 30.1 Å².